The lowest BCUT2D eigenvalue weighted by Crippen LogP contribution is -2.12. The van der Waals surface area contributed by atoms with E-state index in [9.17, 15) is 24.6 Å². The van der Waals surface area contributed by atoms with Crippen LogP contribution in [0.1, 0.15) is 40.3 Å². The molecule has 0 saturated carbocycles. The van der Waals surface area contributed by atoms with Gasteiger partial charge in [-0.3, -0.25) is 9.59 Å². The van der Waals surface area contributed by atoms with Crippen molar-refractivity contribution in [1.29, 1.82) is 0 Å². The van der Waals surface area contributed by atoms with Gasteiger partial charge in [-0.25, -0.2) is 9.78 Å². The number of benzene rings is 2. The number of hydrogen-bond donors (Lipinski definition) is 3. The minimum Gasteiger partial charge on any atom is -0.491 e. The second-order valence-corrected chi connectivity index (χ2v) is 8.19. The van der Waals surface area contributed by atoms with Gasteiger partial charge in [-0.1, -0.05) is 0 Å². The minimum absolute atomic E-state index is 0.0305. The molecule has 0 radical (unpaired) electrons. The first-order valence-corrected chi connectivity index (χ1v) is 11.0. The van der Waals surface area contributed by atoms with E-state index < -0.39 is 24.3 Å². The fourth-order valence-electron chi connectivity index (χ4n) is 3.95. The summed E-state index contributed by atoms with van der Waals surface area (Å²) in [6, 6.07) is 14.6. The fraction of sp³-hybridized carbons (Fsp3) is 0.154. The number of carbonyl (C=O) groups excluding carboxylic acids is 1. The van der Waals surface area contributed by atoms with Crippen molar-refractivity contribution in [2.24, 2.45) is 5.73 Å². The molecule has 4 aromatic rings. The maximum Gasteiger partial charge on any atom is 0.338 e. The Balaban J connectivity index is 1.89. The summed E-state index contributed by atoms with van der Waals surface area (Å²) in [7, 11) is 0. The maximum absolute atomic E-state index is 12.3. The summed E-state index contributed by atoms with van der Waals surface area (Å²) < 4.78 is 13.0. The molecule has 0 aliphatic carbocycles. The maximum atomic E-state index is 12.3. The summed E-state index contributed by atoms with van der Waals surface area (Å²) in [5, 5.41) is 19.8. The fourth-order valence-corrected chi connectivity index (χ4v) is 3.95. The Morgan fingerprint density at radius 2 is 1.72 bits per heavy atom. The highest BCUT2D eigenvalue weighted by atomic mass is 16.5. The molecule has 4 rings (SSSR count). The lowest BCUT2D eigenvalue weighted by Gasteiger charge is -2.13. The smallest absolute Gasteiger partial charge is 0.338 e. The van der Waals surface area contributed by atoms with Crippen LogP contribution in [-0.2, 0) is 11.2 Å². The first-order chi connectivity index (χ1) is 17.2. The number of amides is 1. The Morgan fingerprint density at radius 1 is 1.03 bits per heavy atom. The lowest BCUT2D eigenvalue weighted by molar-refractivity contribution is -0.136. The number of carboxylic acid groups (broad SMARTS) is 2. The molecule has 0 saturated heterocycles. The van der Waals surface area contributed by atoms with Gasteiger partial charge < -0.3 is 30.0 Å². The van der Waals surface area contributed by atoms with E-state index in [1.54, 1.807) is 41.0 Å². The average Bonchev–Trinajstić information content (AvgIpc) is 3.12. The van der Waals surface area contributed by atoms with E-state index in [-0.39, 0.29) is 39.9 Å². The molecule has 10 nitrogen and oxygen atoms in total. The van der Waals surface area contributed by atoms with Crippen LogP contribution in [0.25, 0.3) is 16.6 Å². The van der Waals surface area contributed by atoms with Crippen LogP contribution >= 0.6 is 0 Å². The summed E-state index contributed by atoms with van der Waals surface area (Å²) in [4.78, 5) is 39.7. The number of nitrogens with two attached hydrogens (primary N) is 1. The molecule has 4 N–H and O–H groups in total. The van der Waals surface area contributed by atoms with Crippen LogP contribution < -0.4 is 15.2 Å². The minimum atomic E-state index is -1.29. The van der Waals surface area contributed by atoms with E-state index in [4.69, 9.17) is 15.2 Å². The van der Waals surface area contributed by atoms with Crippen LogP contribution in [0.3, 0.4) is 0 Å². The van der Waals surface area contributed by atoms with Crippen molar-refractivity contribution in [3.8, 4) is 23.1 Å². The average molecular weight is 489 g/mol. The van der Waals surface area contributed by atoms with Crippen LogP contribution in [0.15, 0.2) is 60.8 Å². The van der Waals surface area contributed by atoms with Gasteiger partial charge in [0.1, 0.15) is 17.1 Å². The lowest BCUT2D eigenvalue weighted by atomic mass is 10.1. The third kappa shape index (κ3) is 4.83. The number of fused-ring (bicyclic) bond motifs is 1. The quantitative estimate of drug-likeness (QED) is 0.318. The Hall–Kier alpha value is -4.86. The van der Waals surface area contributed by atoms with Gasteiger partial charge in [0.05, 0.1) is 23.6 Å². The molecule has 2 aromatic heterocycles. The van der Waals surface area contributed by atoms with Gasteiger partial charge in [0.25, 0.3) is 5.91 Å². The number of carbonyl (C=O) groups is 3. The Kier molecular flexibility index (Phi) is 6.60. The van der Waals surface area contributed by atoms with E-state index >= 15 is 0 Å². The van der Waals surface area contributed by atoms with Crippen LogP contribution in [-0.4, -0.2) is 43.7 Å². The molecule has 0 spiro atoms. The van der Waals surface area contributed by atoms with Crippen molar-refractivity contribution in [2.45, 2.75) is 26.4 Å². The molecular formula is C26H23N3O7. The first kappa shape index (κ1) is 24.3. The summed E-state index contributed by atoms with van der Waals surface area (Å²) in [6.45, 7) is 3.79. The number of pyridine rings is 1. The molecule has 2 aromatic carbocycles. The number of primary amides is 1. The molecule has 0 aliphatic heterocycles. The van der Waals surface area contributed by atoms with Gasteiger partial charge in [0, 0.05) is 23.0 Å². The molecule has 36 heavy (non-hydrogen) atoms. The van der Waals surface area contributed by atoms with Crippen molar-refractivity contribution in [3.05, 3.63) is 77.6 Å². The van der Waals surface area contributed by atoms with Crippen LogP contribution in [0.2, 0.25) is 0 Å². The van der Waals surface area contributed by atoms with Crippen molar-refractivity contribution in [1.82, 2.24) is 9.55 Å². The number of aromatic nitrogens is 2. The molecule has 0 aliphatic rings. The van der Waals surface area contributed by atoms with Gasteiger partial charge in [-0.2, -0.15) is 0 Å². The van der Waals surface area contributed by atoms with E-state index in [1.807, 2.05) is 13.8 Å². The van der Waals surface area contributed by atoms with Gasteiger partial charge in [0.2, 0.25) is 5.88 Å². The molecule has 0 bridgehead atoms. The molecule has 0 unspecified atom stereocenters. The highest BCUT2D eigenvalue weighted by Gasteiger charge is 2.25. The van der Waals surface area contributed by atoms with Crippen LogP contribution in [0.5, 0.6) is 17.4 Å². The monoisotopic (exact) mass is 489 g/mol. The number of ether oxygens (including phenoxy) is 2. The number of aliphatic carboxylic acids is 1. The van der Waals surface area contributed by atoms with E-state index in [1.165, 1.54) is 24.4 Å². The Morgan fingerprint density at radius 3 is 2.33 bits per heavy atom. The highest BCUT2D eigenvalue weighted by Crippen LogP contribution is 2.35. The number of hydrogen-bond acceptors (Lipinski definition) is 6. The molecule has 184 valence electrons. The third-order valence-electron chi connectivity index (χ3n) is 5.29. The first-order valence-electron chi connectivity index (χ1n) is 11.0. The van der Waals surface area contributed by atoms with Gasteiger partial charge in [0.15, 0.2) is 0 Å². The number of nitrogens with zero attached hydrogens (tertiary/aromatic N) is 2. The summed E-state index contributed by atoms with van der Waals surface area (Å²) in [5.74, 6) is -2.41. The second-order valence-electron chi connectivity index (χ2n) is 8.19. The summed E-state index contributed by atoms with van der Waals surface area (Å²) in [6.07, 6.45) is 0.872. The number of carboxylic acids is 2. The summed E-state index contributed by atoms with van der Waals surface area (Å²) in [5.41, 5.74) is 6.40. The zero-order valence-corrected chi connectivity index (χ0v) is 19.5. The standard InChI is InChI=1S/C26H23N3O7/c1-14(2)35-16-7-5-15(6-8-16)29-20-10-9-17(36-25-18(24(27)32)4-3-11-28-25)12-19(20)23(26(33)34)21(29)13-22(30)31/h3-12,14H,13H2,1-2H3,(H2,27,32)(H,30,31)(H,33,34). The molecule has 0 fully saturated rings. The topological polar surface area (TPSA) is 154 Å². The van der Waals surface area contributed by atoms with E-state index in [0.29, 0.717) is 17.0 Å². The third-order valence-corrected chi connectivity index (χ3v) is 5.29. The second kappa shape index (κ2) is 9.79. The predicted octanol–water partition coefficient (Wildman–Crippen LogP) is 4.03. The zero-order chi connectivity index (χ0) is 26.0. The molecular weight excluding hydrogens is 466 g/mol. The van der Waals surface area contributed by atoms with Gasteiger partial charge >= 0.3 is 11.9 Å². The van der Waals surface area contributed by atoms with E-state index in [0.717, 1.165) is 0 Å². The molecule has 1 amide bonds. The number of rotatable bonds is 9. The zero-order valence-electron chi connectivity index (χ0n) is 19.5. The van der Waals surface area contributed by atoms with Crippen molar-refractivity contribution in [3.63, 3.8) is 0 Å². The normalized spacial score (nSPS) is 11.0. The van der Waals surface area contributed by atoms with Crippen LogP contribution in [0, 0.1) is 0 Å². The Bertz CT molecular complexity index is 1470. The molecule has 2 heterocycles. The van der Waals surface area contributed by atoms with Gasteiger partial charge in [-0.05, 0) is 68.4 Å². The highest BCUT2D eigenvalue weighted by molar-refractivity contribution is 6.07. The van der Waals surface area contributed by atoms with E-state index in [2.05, 4.69) is 4.98 Å². The SMILES string of the molecule is CC(C)Oc1ccc(-n2c(CC(=O)O)c(C(=O)O)c3cc(Oc4ncccc4C(N)=O)ccc32)cc1. The molecule has 0 atom stereocenters. The number of aromatic carboxylic acids is 1. The van der Waals surface area contributed by atoms with Crippen molar-refractivity contribution in [2.75, 3.05) is 0 Å². The van der Waals surface area contributed by atoms with Crippen LogP contribution in [0.4, 0.5) is 0 Å². The summed E-state index contributed by atoms with van der Waals surface area (Å²) >= 11 is 0. The largest absolute Gasteiger partial charge is 0.491 e. The van der Waals surface area contributed by atoms with Crippen molar-refractivity contribution < 1.29 is 34.1 Å². The van der Waals surface area contributed by atoms with Crippen molar-refractivity contribution >= 4 is 28.7 Å². The molecule has 10 heteroatoms. The Labute approximate surface area is 205 Å². The predicted molar refractivity (Wildman–Crippen MR) is 130 cm³/mol. The van der Waals surface area contributed by atoms with Gasteiger partial charge in [-0.15, -0.1) is 0 Å².